The van der Waals surface area contributed by atoms with Crippen molar-refractivity contribution in [3.8, 4) is 5.75 Å². The number of hydrogen-bond acceptors (Lipinski definition) is 2. The van der Waals surface area contributed by atoms with Crippen molar-refractivity contribution in [2.45, 2.75) is 38.6 Å². The number of rotatable bonds is 5. The average molecular weight is 276 g/mol. The number of ether oxygens (including phenoxy) is 1. The van der Waals surface area contributed by atoms with Crippen LogP contribution in [-0.2, 0) is 0 Å². The van der Waals surface area contributed by atoms with Gasteiger partial charge in [0.25, 0.3) is 0 Å². The fraction of sp³-hybridized carbons (Fsp3) is 0.533. The lowest BCUT2D eigenvalue weighted by Crippen LogP contribution is -2.09. The molecule has 0 amide bonds. The molecule has 1 unspecified atom stereocenters. The van der Waals surface area contributed by atoms with Gasteiger partial charge >= 0.3 is 0 Å². The van der Waals surface area contributed by atoms with Crippen molar-refractivity contribution >= 4 is 23.3 Å². The highest BCUT2D eigenvalue weighted by Crippen LogP contribution is 2.39. The van der Waals surface area contributed by atoms with E-state index in [0.29, 0.717) is 6.04 Å². The van der Waals surface area contributed by atoms with Gasteiger partial charge in [-0.15, -0.1) is 0 Å². The molecule has 1 saturated carbocycles. The summed E-state index contributed by atoms with van der Waals surface area (Å²) < 4.78 is 8.39. The van der Waals surface area contributed by atoms with Gasteiger partial charge in [0.15, 0.2) is 4.77 Å². The summed E-state index contributed by atoms with van der Waals surface area (Å²) >= 11 is 5.51. The Balaban J connectivity index is 2.05. The van der Waals surface area contributed by atoms with Crippen LogP contribution in [0.4, 0.5) is 0 Å². The van der Waals surface area contributed by atoms with Gasteiger partial charge in [-0.3, -0.25) is 0 Å². The second-order valence-corrected chi connectivity index (χ2v) is 5.81. The lowest BCUT2D eigenvalue weighted by atomic mass is 10.1. The van der Waals surface area contributed by atoms with Gasteiger partial charge in [-0.2, -0.15) is 0 Å². The SMILES string of the molecule is CCC(CC1CC1)n1c(=S)[nH]c2cc(OC)ccc21. The highest BCUT2D eigenvalue weighted by Gasteiger charge is 2.26. The molecule has 1 heterocycles. The summed E-state index contributed by atoms with van der Waals surface area (Å²) in [6.07, 6.45) is 5.16. The molecule has 4 heteroatoms. The standard InChI is InChI=1S/C15H20N2OS/c1-3-11(8-10-4-5-10)17-14-7-6-12(18-2)9-13(14)16-15(17)19/h6-7,9-11H,3-5,8H2,1-2H3,(H,16,19). The number of aromatic amines is 1. The first-order chi connectivity index (χ1) is 9.22. The maximum Gasteiger partial charge on any atom is 0.178 e. The third kappa shape index (κ3) is 2.41. The fourth-order valence-corrected chi connectivity index (χ4v) is 3.15. The van der Waals surface area contributed by atoms with E-state index < -0.39 is 0 Å². The summed E-state index contributed by atoms with van der Waals surface area (Å²) in [4.78, 5) is 3.31. The molecule has 0 bridgehead atoms. The van der Waals surface area contributed by atoms with Crippen LogP contribution < -0.4 is 4.74 Å². The van der Waals surface area contributed by atoms with E-state index in [-0.39, 0.29) is 0 Å². The number of nitrogens with zero attached hydrogens (tertiary/aromatic N) is 1. The van der Waals surface area contributed by atoms with Gasteiger partial charge in [-0.1, -0.05) is 19.8 Å². The molecular weight excluding hydrogens is 256 g/mol. The number of aromatic nitrogens is 2. The zero-order valence-electron chi connectivity index (χ0n) is 11.5. The molecule has 1 aromatic carbocycles. The van der Waals surface area contributed by atoms with Crippen molar-refractivity contribution in [1.29, 1.82) is 0 Å². The number of hydrogen-bond donors (Lipinski definition) is 1. The molecule has 2 aromatic rings. The lowest BCUT2D eigenvalue weighted by Gasteiger charge is -2.17. The topological polar surface area (TPSA) is 29.9 Å². The minimum Gasteiger partial charge on any atom is -0.497 e. The molecule has 3 nitrogen and oxygen atoms in total. The Morgan fingerprint density at radius 3 is 2.89 bits per heavy atom. The predicted octanol–water partition coefficient (Wildman–Crippen LogP) is 4.46. The van der Waals surface area contributed by atoms with Crippen molar-refractivity contribution in [2.24, 2.45) is 5.92 Å². The molecule has 1 fully saturated rings. The minimum absolute atomic E-state index is 0.516. The molecule has 3 rings (SSSR count). The van der Waals surface area contributed by atoms with E-state index >= 15 is 0 Å². The normalized spacial score (nSPS) is 16.7. The van der Waals surface area contributed by atoms with E-state index in [1.165, 1.54) is 24.8 Å². The van der Waals surface area contributed by atoms with Gasteiger partial charge in [0.05, 0.1) is 18.1 Å². The molecule has 0 radical (unpaired) electrons. The Hall–Kier alpha value is -1.29. The van der Waals surface area contributed by atoms with Gasteiger partial charge in [-0.05, 0) is 43.1 Å². The molecule has 1 aliphatic carbocycles. The lowest BCUT2D eigenvalue weighted by molar-refractivity contribution is 0.415. The highest BCUT2D eigenvalue weighted by molar-refractivity contribution is 7.71. The van der Waals surface area contributed by atoms with Crippen molar-refractivity contribution in [2.75, 3.05) is 7.11 Å². The maximum absolute atomic E-state index is 5.51. The van der Waals surface area contributed by atoms with Gasteiger partial charge in [0.1, 0.15) is 5.75 Å². The van der Waals surface area contributed by atoms with Gasteiger partial charge in [0, 0.05) is 12.1 Å². The van der Waals surface area contributed by atoms with Gasteiger partial charge < -0.3 is 14.3 Å². The monoisotopic (exact) mass is 276 g/mol. The zero-order valence-corrected chi connectivity index (χ0v) is 12.3. The largest absolute Gasteiger partial charge is 0.497 e. The van der Waals surface area contributed by atoms with Crippen LogP contribution in [0.2, 0.25) is 0 Å². The maximum atomic E-state index is 5.51. The molecule has 0 spiro atoms. The van der Waals surface area contributed by atoms with E-state index in [4.69, 9.17) is 17.0 Å². The number of methoxy groups -OCH3 is 1. The second kappa shape index (κ2) is 5.00. The third-order valence-corrected chi connectivity index (χ3v) is 4.36. The molecule has 19 heavy (non-hydrogen) atoms. The van der Waals surface area contributed by atoms with Crippen molar-refractivity contribution in [3.05, 3.63) is 23.0 Å². The van der Waals surface area contributed by atoms with Crippen molar-refractivity contribution in [3.63, 3.8) is 0 Å². The first-order valence-corrected chi connectivity index (χ1v) is 7.42. The van der Waals surface area contributed by atoms with Crippen molar-refractivity contribution in [1.82, 2.24) is 9.55 Å². The van der Waals surface area contributed by atoms with E-state index in [0.717, 1.165) is 28.4 Å². The van der Waals surface area contributed by atoms with Crippen molar-refractivity contribution < 1.29 is 4.74 Å². The summed E-state index contributed by atoms with van der Waals surface area (Å²) in [6, 6.07) is 6.65. The second-order valence-electron chi connectivity index (χ2n) is 5.42. The Labute approximate surface area is 118 Å². The Kier molecular flexibility index (Phi) is 3.35. The Bertz CT molecular complexity index is 639. The summed E-state index contributed by atoms with van der Waals surface area (Å²) in [7, 11) is 1.69. The Morgan fingerprint density at radius 1 is 1.47 bits per heavy atom. The van der Waals surface area contributed by atoms with Crippen LogP contribution in [0.15, 0.2) is 18.2 Å². The van der Waals surface area contributed by atoms with Crippen LogP contribution in [0.3, 0.4) is 0 Å². The molecular formula is C15H20N2OS. The molecule has 1 aromatic heterocycles. The number of fused-ring (bicyclic) bond motifs is 1. The van der Waals surface area contributed by atoms with E-state index in [1.807, 2.05) is 12.1 Å². The van der Waals surface area contributed by atoms with Crippen LogP contribution in [0.25, 0.3) is 11.0 Å². The summed E-state index contributed by atoms with van der Waals surface area (Å²) in [5.41, 5.74) is 2.26. The van der Waals surface area contributed by atoms with Gasteiger partial charge in [0.2, 0.25) is 0 Å². The summed E-state index contributed by atoms with van der Waals surface area (Å²) in [6.45, 7) is 2.25. The Morgan fingerprint density at radius 2 is 2.26 bits per heavy atom. The zero-order chi connectivity index (χ0) is 13.4. The minimum atomic E-state index is 0.516. The quantitative estimate of drug-likeness (QED) is 0.817. The fourth-order valence-electron chi connectivity index (χ4n) is 2.79. The highest BCUT2D eigenvalue weighted by atomic mass is 32.1. The van der Waals surface area contributed by atoms with E-state index in [9.17, 15) is 0 Å². The summed E-state index contributed by atoms with van der Waals surface area (Å²) in [5, 5.41) is 0. The molecule has 1 aliphatic rings. The number of benzene rings is 1. The van der Waals surface area contributed by atoms with Crippen LogP contribution in [-0.4, -0.2) is 16.7 Å². The van der Waals surface area contributed by atoms with Gasteiger partial charge in [-0.25, -0.2) is 0 Å². The third-order valence-electron chi connectivity index (χ3n) is 4.06. The molecule has 1 atom stereocenters. The summed E-state index contributed by atoms with van der Waals surface area (Å²) in [5.74, 6) is 1.78. The molecule has 0 aliphatic heterocycles. The van der Waals surface area contributed by atoms with Crippen LogP contribution in [0.5, 0.6) is 5.75 Å². The first kappa shape index (κ1) is 12.7. The van der Waals surface area contributed by atoms with E-state index in [2.05, 4.69) is 22.5 Å². The van der Waals surface area contributed by atoms with E-state index in [1.54, 1.807) is 7.11 Å². The van der Waals surface area contributed by atoms with Crippen LogP contribution in [0.1, 0.15) is 38.6 Å². The van der Waals surface area contributed by atoms with Crippen LogP contribution in [0, 0.1) is 10.7 Å². The van der Waals surface area contributed by atoms with Crippen LogP contribution >= 0.6 is 12.2 Å². The smallest absolute Gasteiger partial charge is 0.178 e. The number of imidazole rings is 1. The number of nitrogens with one attached hydrogen (secondary N) is 1. The molecule has 0 saturated heterocycles. The molecule has 1 N–H and O–H groups in total. The first-order valence-electron chi connectivity index (χ1n) is 7.01. The average Bonchev–Trinajstić information content (AvgIpc) is 3.17. The molecule has 102 valence electrons. The number of H-pyrrole nitrogens is 1. The predicted molar refractivity (Wildman–Crippen MR) is 80.3 cm³/mol.